The lowest BCUT2D eigenvalue weighted by molar-refractivity contribution is 0.277. The molecule has 0 bridgehead atoms. The number of hydrogen-bond acceptors (Lipinski definition) is 1. The lowest BCUT2D eigenvalue weighted by Crippen LogP contribution is -2.39. The van der Waals surface area contributed by atoms with Crippen LogP contribution in [0.5, 0.6) is 0 Å². The molecule has 1 heteroatoms. The summed E-state index contributed by atoms with van der Waals surface area (Å²) in [5.41, 5.74) is 0.597. The van der Waals surface area contributed by atoms with Crippen LogP contribution in [0.2, 0.25) is 0 Å². The monoisotopic (exact) mass is 209 g/mol. The van der Waals surface area contributed by atoms with Crippen molar-refractivity contribution in [1.82, 2.24) is 5.32 Å². The van der Waals surface area contributed by atoms with Crippen LogP contribution in [-0.2, 0) is 0 Å². The van der Waals surface area contributed by atoms with Crippen molar-refractivity contribution < 1.29 is 0 Å². The van der Waals surface area contributed by atoms with E-state index in [1.54, 1.807) is 0 Å². The Morgan fingerprint density at radius 2 is 1.60 bits per heavy atom. The van der Waals surface area contributed by atoms with Gasteiger partial charge in [-0.25, -0.2) is 0 Å². The fourth-order valence-corrected chi connectivity index (χ4v) is 3.34. The van der Waals surface area contributed by atoms with Gasteiger partial charge in [-0.15, -0.1) is 0 Å². The Balaban J connectivity index is 1.74. The Hall–Kier alpha value is -0.0400. The molecular formula is C14H27N. The van der Waals surface area contributed by atoms with Crippen LogP contribution in [0.3, 0.4) is 0 Å². The van der Waals surface area contributed by atoms with Gasteiger partial charge in [-0.05, 0) is 56.3 Å². The Morgan fingerprint density at radius 3 is 2.13 bits per heavy atom. The van der Waals surface area contributed by atoms with Crippen LogP contribution in [0.15, 0.2) is 0 Å². The highest BCUT2D eigenvalue weighted by Gasteiger charge is 2.32. The normalized spacial score (nSPS) is 40.6. The predicted molar refractivity (Wildman–Crippen MR) is 66.0 cm³/mol. The minimum Gasteiger partial charge on any atom is -0.311 e. The molecule has 0 spiro atoms. The molecule has 0 aromatic rings. The summed E-state index contributed by atoms with van der Waals surface area (Å²) in [5.74, 6) is 0.975. The molecule has 0 heterocycles. The van der Waals surface area contributed by atoms with Crippen LogP contribution < -0.4 is 5.32 Å². The van der Waals surface area contributed by atoms with Gasteiger partial charge in [0.2, 0.25) is 0 Å². The third kappa shape index (κ3) is 3.21. The maximum Gasteiger partial charge on any atom is 0.00749 e. The Labute approximate surface area is 95.0 Å². The Kier molecular flexibility index (Phi) is 3.39. The van der Waals surface area contributed by atoms with Crippen molar-refractivity contribution in [2.75, 3.05) is 0 Å². The number of nitrogens with one attached hydrogen (secondary N) is 1. The first-order valence-electron chi connectivity index (χ1n) is 6.81. The zero-order valence-electron chi connectivity index (χ0n) is 10.7. The molecule has 0 amide bonds. The molecular weight excluding hydrogens is 182 g/mol. The zero-order chi connectivity index (χ0) is 10.9. The molecule has 1 nitrogen and oxygen atoms in total. The number of hydrogen-bond donors (Lipinski definition) is 1. The van der Waals surface area contributed by atoms with Crippen molar-refractivity contribution in [2.45, 2.75) is 77.8 Å². The van der Waals surface area contributed by atoms with E-state index in [2.05, 4.69) is 26.1 Å². The van der Waals surface area contributed by atoms with E-state index in [1.807, 2.05) is 0 Å². The van der Waals surface area contributed by atoms with Crippen LogP contribution >= 0.6 is 0 Å². The molecule has 2 fully saturated rings. The third-order valence-electron chi connectivity index (χ3n) is 4.46. The molecule has 2 aliphatic rings. The largest absolute Gasteiger partial charge is 0.311 e. The zero-order valence-corrected chi connectivity index (χ0v) is 10.7. The van der Waals surface area contributed by atoms with E-state index >= 15 is 0 Å². The summed E-state index contributed by atoms with van der Waals surface area (Å²) in [6.07, 6.45) is 9.91. The molecule has 2 saturated carbocycles. The summed E-state index contributed by atoms with van der Waals surface area (Å²) in [5, 5.41) is 3.89. The molecule has 0 aromatic heterocycles. The standard InChI is InChI=1S/C14H27N/c1-11-4-6-12(7-5-11)15-13-8-9-14(2,3)10-13/h11-13,15H,4-10H2,1-3H3. The average molecular weight is 209 g/mol. The van der Waals surface area contributed by atoms with Crippen LogP contribution in [0.4, 0.5) is 0 Å². The highest BCUT2D eigenvalue weighted by atomic mass is 15.0. The molecule has 1 atom stereocenters. The van der Waals surface area contributed by atoms with Gasteiger partial charge in [0.1, 0.15) is 0 Å². The summed E-state index contributed by atoms with van der Waals surface area (Å²) in [6, 6.07) is 1.65. The maximum absolute atomic E-state index is 3.89. The van der Waals surface area contributed by atoms with Gasteiger partial charge >= 0.3 is 0 Å². The van der Waals surface area contributed by atoms with Crippen LogP contribution in [0.25, 0.3) is 0 Å². The second kappa shape index (κ2) is 4.45. The first-order valence-corrected chi connectivity index (χ1v) is 6.81. The molecule has 0 aliphatic heterocycles. The maximum atomic E-state index is 3.89. The topological polar surface area (TPSA) is 12.0 Å². The minimum absolute atomic E-state index is 0.597. The molecule has 1 unspecified atom stereocenters. The molecule has 1 N–H and O–H groups in total. The van der Waals surface area contributed by atoms with Gasteiger partial charge in [-0.1, -0.05) is 20.8 Å². The van der Waals surface area contributed by atoms with Gasteiger partial charge < -0.3 is 5.32 Å². The highest BCUT2D eigenvalue weighted by molar-refractivity contribution is 4.89. The van der Waals surface area contributed by atoms with Gasteiger partial charge in [-0.3, -0.25) is 0 Å². The third-order valence-corrected chi connectivity index (χ3v) is 4.46. The highest BCUT2D eigenvalue weighted by Crippen LogP contribution is 2.37. The second-order valence-electron chi connectivity index (χ2n) is 6.73. The van der Waals surface area contributed by atoms with E-state index in [0.29, 0.717) is 5.41 Å². The fraction of sp³-hybridized carbons (Fsp3) is 1.00. The fourth-order valence-electron chi connectivity index (χ4n) is 3.34. The lowest BCUT2D eigenvalue weighted by Gasteiger charge is -2.30. The van der Waals surface area contributed by atoms with Gasteiger partial charge in [0.25, 0.3) is 0 Å². The summed E-state index contributed by atoms with van der Waals surface area (Å²) in [6.45, 7) is 7.23. The molecule has 15 heavy (non-hydrogen) atoms. The quantitative estimate of drug-likeness (QED) is 0.730. The Morgan fingerprint density at radius 1 is 0.933 bits per heavy atom. The average Bonchev–Trinajstić information content (AvgIpc) is 2.50. The van der Waals surface area contributed by atoms with Crippen LogP contribution in [0.1, 0.15) is 65.7 Å². The van der Waals surface area contributed by atoms with Crippen LogP contribution in [0, 0.1) is 11.3 Å². The molecule has 2 rings (SSSR count). The van der Waals surface area contributed by atoms with Crippen molar-refractivity contribution >= 4 is 0 Å². The SMILES string of the molecule is CC1CCC(NC2CCC(C)(C)C2)CC1. The molecule has 88 valence electrons. The van der Waals surface area contributed by atoms with Crippen molar-refractivity contribution in [3.05, 3.63) is 0 Å². The van der Waals surface area contributed by atoms with Crippen molar-refractivity contribution in [1.29, 1.82) is 0 Å². The van der Waals surface area contributed by atoms with Gasteiger partial charge in [0, 0.05) is 12.1 Å². The van der Waals surface area contributed by atoms with E-state index in [9.17, 15) is 0 Å². The predicted octanol–water partition coefficient (Wildman–Crippen LogP) is 3.73. The summed E-state index contributed by atoms with van der Waals surface area (Å²) in [4.78, 5) is 0. The van der Waals surface area contributed by atoms with Gasteiger partial charge in [0.15, 0.2) is 0 Å². The van der Waals surface area contributed by atoms with Crippen LogP contribution in [-0.4, -0.2) is 12.1 Å². The van der Waals surface area contributed by atoms with Crippen molar-refractivity contribution in [2.24, 2.45) is 11.3 Å². The van der Waals surface area contributed by atoms with Gasteiger partial charge in [0.05, 0.1) is 0 Å². The first kappa shape index (κ1) is 11.4. The van der Waals surface area contributed by atoms with E-state index < -0.39 is 0 Å². The molecule has 0 saturated heterocycles. The first-order chi connectivity index (χ1) is 7.05. The molecule has 0 radical (unpaired) electrons. The second-order valence-corrected chi connectivity index (χ2v) is 6.73. The Bertz CT molecular complexity index is 201. The molecule has 0 aromatic carbocycles. The van der Waals surface area contributed by atoms with E-state index in [4.69, 9.17) is 0 Å². The van der Waals surface area contributed by atoms with E-state index in [1.165, 1.54) is 44.9 Å². The summed E-state index contributed by atoms with van der Waals surface area (Å²) >= 11 is 0. The number of rotatable bonds is 2. The van der Waals surface area contributed by atoms with Gasteiger partial charge in [-0.2, -0.15) is 0 Å². The lowest BCUT2D eigenvalue weighted by atomic mass is 9.86. The van der Waals surface area contributed by atoms with Crippen molar-refractivity contribution in [3.63, 3.8) is 0 Å². The smallest absolute Gasteiger partial charge is 0.00749 e. The summed E-state index contributed by atoms with van der Waals surface area (Å²) in [7, 11) is 0. The summed E-state index contributed by atoms with van der Waals surface area (Å²) < 4.78 is 0. The van der Waals surface area contributed by atoms with E-state index in [0.717, 1.165) is 18.0 Å². The van der Waals surface area contributed by atoms with E-state index in [-0.39, 0.29) is 0 Å². The minimum atomic E-state index is 0.597. The van der Waals surface area contributed by atoms with Crippen molar-refractivity contribution in [3.8, 4) is 0 Å². The molecule has 2 aliphatic carbocycles.